The molecule has 7 heteroatoms. The number of unbranched alkanes of at least 4 members (excludes halogenated alkanes) is 1. The van der Waals surface area contributed by atoms with E-state index in [1.165, 1.54) is 55.4 Å². The van der Waals surface area contributed by atoms with Crippen molar-refractivity contribution in [2.75, 3.05) is 18.5 Å². The molecule has 2 aromatic carbocycles. The third-order valence-corrected chi connectivity index (χ3v) is 12.2. The lowest BCUT2D eigenvalue weighted by Crippen LogP contribution is -2.48. The van der Waals surface area contributed by atoms with Crippen LogP contribution in [0.5, 0.6) is 5.75 Å². The average Bonchev–Trinajstić information content (AvgIpc) is 3.78. The van der Waals surface area contributed by atoms with Crippen molar-refractivity contribution < 1.29 is 9.53 Å². The summed E-state index contributed by atoms with van der Waals surface area (Å²) in [4.78, 5) is 21.1. The van der Waals surface area contributed by atoms with Crippen molar-refractivity contribution in [3.05, 3.63) is 75.2 Å². The first-order valence-electron chi connectivity index (χ1n) is 18.4. The number of carbonyl (C=O) groups excluding carboxylic acids is 1. The van der Waals surface area contributed by atoms with Crippen LogP contribution in [0.3, 0.4) is 0 Å². The third kappa shape index (κ3) is 7.16. The zero-order chi connectivity index (χ0) is 33.3. The summed E-state index contributed by atoms with van der Waals surface area (Å²) in [6, 6.07) is 15.7. The maximum Gasteiger partial charge on any atom is 0.274 e. The molecule has 2 saturated carbocycles. The number of aromatic nitrogens is 1. The van der Waals surface area contributed by atoms with Gasteiger partial charge in [-0.15, -0.1) is 17.8 Å². The Morgan fingerprint density at radius 2 is 1.96 bits per heavy atom. The molecule has 3 heterocycles. The molecule has 6 nitrogen and oxygen atoms in total. The van der Waals surface area contributed by atoms with Gasteiger partial charge in [-0.2, -0.15) is 0 Å². The smallest absolute Gasteiger partial charge is 0.274 e. The normalized spacial score (nSPS) is 29.6. The van der Waals surface area contributed by atoms with Crippen LogP contribution in [-0.4, -0.2) is 46.6 Å². The van der Waals surface area contributed by atoms with E-state index in [9.17, 15) is 4.79 Å². The number of fused-ring (bicyclic) bond motifs is 3. The van der Waals surface area contributed by atoms with Gasteiger partial charge in [0.2, 0.25) is 0 Å². The lowest BCUT2D eigenvalue weighted by Gasteiger charge is -2.48. The molecule has 2 aliphatic heterocycles. The fourth-order valence-electron chi connectivity index (χ4n) is 9.59. The molecule has 5 atom stereocenters. The molecule has 1 amide bonds. The van der Waals surface area contributed by atoms with Crippen LogP contribution in [0.1, 0.15) is 123 Å². The number of terminal acetylenes is 1. The number of benzene rings is 2. The molecule has 5 unspecified atom stereocenters. The number of hydrogen-bond acceptors (Lipinski definition) is 6. The molecule has 2 aliphatic carbocycles. The van der Waals surface area contributed by atoms with E-state index < -0.39 is 0 Å². The van der Waals surface area contributed by atoms with Gasteiger partial charge in [0.05, 0.1) is 6.04 Å². The standard InChI is InChI=1S/C41H52N4O2S/c1-5-7-10-34-21-31-22-35(47-25-33-9-8-17-42-33)15-16-36(31)39(45(34)40(46)37-26-48-38(6-2)43-37)30-11-13-32(14-12-30)44-41(4)23-28-18-27(3)19-29(20-28)24-41/h2,11-16,22,26-29,33-34,39,42,44H,5,7-10,17-21,23-25H2,1,3-4H3. The summed E-state index contributed by atoms with van der Waals surface area (Å²) in [6.07, 6.45) is 18.5. The Hall–Kier alpha value is -3.34. The zero-order valence-electron chi connectivity index (χ0n) is 29.0. The van der Waals surface area contributed by atoms with Gasteiger partial charge in [-0.3, -0.25) is 4.79 Å². The Labute approximate surface area is 291 Å². The Bertz CT molecular complexity index is 1600. The molecular weight excluding hydrogens is 613 g/mol. The summed E-state index contributed by atoms with van der Waals surface area (Å²) in [7, 11) is 0. The monoisotopic (exact) mass is 664 g/mol. The summed E-state index contributed by atoms with van der Waals surface area (Å²) in [6.45, 7) is 8.82. The second-order valence-corrected chi connectivity index (χ2v) is 16.4. The van der Waals surface area contributed by atoms with Gasteiger partial charge in [0, 0.05) is 28.7 Å². The molecule has 4 aliphatic rings. The number of carbonyl (C=O) groups is 1. The van der Waals surface area contributed by atoms with Crippen molar-refractivity contribution in [2.24, 2.45) is 17.8 Å². The van der Waals surface area contributed by atoms with Crippen LogP contribution >= 0.6 is 11.3 Å². The van der Waals surface area contributed by atoms with Crippen molar-refractivity contribution in [1.82, 2.24) is 15.2 Å². The Kier molecular flexibility index (Phi) is 9.85. The maximum atomic E-state index is 14.5. The molecular formula is C41H52N4O2S. The largest absolute Gasteiger partial charge is 0.492 e. The zero-order valence-corrected chi connectivity index (χ0v) is 29.8. The van der Waals surface area contributed by atoms with Crippen LogP contribution in [0.2, 0.25) is 0 Å². The molecule has 254 valence electrons. The summed E-state index contributed by atoms with van der Waals surface area (Å²) in [5, 5.41) is 9.88. The van der Waals surface area contributed by atoms with Crippen molar-refractivity contribution in [3.8, 4) is 18.1 Å². The predicted octanol–water partition coefficient (Wildman–Crippen LogP) is 8.62. The minimum absolute atomic E-state index is 0.0402. The van der Waals surface area contributed by atoms with E-state index in [1.54, 1.807) is 0 Å². The minimum Gasteiger partial charge on any atom is -0.492 e. The minimum atomic E-state index is -0.232. The second-order valence-electron chi connectivity index (χ2n) is 15.5. The van der Waals surface area contributed by atoms with Gasteiger partial charge < -0.3 is 20.3 Å². The molecule has 48 heavy (non-hydrogen) atoms. The van der Waals surface area contributed by atoms with Gasteiger partial charge in [0.15, 0.2) is 5.01 Å². The Morgan fingerprint density at radius 3 is 2.65 bits per heavy atom. The van der Waals surface area contributed by atoms with Gasteiger partial charge in [0.25, 0.3) is 5.91 Å². The van der Waals surface area contributed by atoms with Crippen molar-refractivity contribution in [3.63, 3.8) is 0 Å². The summed E-state index contributed by atoms with van der Waals surface area (Å²) in [5.74, 6) is 5.99. The third-order valence-electron chi connectivity index (χ3n) is 11.4. The molecule has 3 aromatic rings. The fraction of sp³-hybridized carbons (Fsp3) is 0.561. The lowest BCUT2D eigenvalue weighted by molar-refractivity contribution is 0.0561. The second kappa shape index (κ2) is 14.3. The lowest BCUT2D eigenvalue weighted by atomic mass is 9.62. The number of thiazole rings is 1. The van der Waals surface area contributed by atoms with E-state index in [4.69, 9.17) is 11.2 Å². The van der Waals surface area contributed by atoms with Gasteiger partial charge in [0.1, 0.15) is 18.1 Å². The van der Waals surface area contributed by atoms with Crippen LogP contribution in [0.4, 0.5) is 5.69 Å². The Balaban J connectivity index is 1.20. The van der Waals surface area contributed by atoms with Crippen molar-refractivity contribution in [2.45, 2.75) is 115 Å². The fourth-order valence-corrected chi connectivity index (χ4v) is 10.2. The molecule has 1 saturated heterocycles. The Morgan fingerprint density at radius 1 is 1.17 bits per heavy atom. The topological polar surface area (TPSA) is 66.5 Å². The first-order valence-corrected chi connectivity index (χ1v) is 19.3. The molecule has 0 spiro atoms. The van der Waals surface area contributed by atoms with Gasteiger partial charge in [-0.25, -0.2) is 4.98 Å². The molecule has 3 fully saturated rings. The summed E-state index contributed by atoms with van der Waals surface area (Å²) in [5.41, 5.74) is 5.26. The van der Waals surface area contributed by atoms with Crippen molar-refractivity contribution >= 4 is 22.9 Å². The quantitative estimate of drug-likeness (QED) is 0.213. The highest BCUT2D eigenvalue weighted by Crippen LogP contribution is 2.48. The highest BCUT2D eigenvalue weighted by atomic mass is 32.1. The first kappa shape index (κ1) is 33.2. The van der Waals surface area contributed by atoms with Gasteiger partial charge >= 0.3 is 0 Å². The first-order chi connectivity index (χ1) is 23.3. The number of anilines is 1. The maximum absolute atomic E-state index is 14.5. The van der Waals surface area contributed by atoms with E-state index in [2.05, 4.69) is 89.7 Å². The van der Waals surface area contributed by atoms with E-state index in [-0.39, 0.29) is 23.5 Å². The SMILES string of the molecule is C#Cc1nc(C(=O)N2C(CCCC)Cc3cc(OCC4CCCN4)ccc3C2c2ccc(NC3(C)CC4CC(C)CC(C4)C3)cc2)cs1. The number of hydrogen-bond donors (Lipinski definition) is 2. The van der Waals surface area contributed by atoms with Crippen molar-refractivity contribution in [1.29, 1.82) is 0 Å². The average molecular weight is 665 g/mol. The highest BCUT2D eigenvalue weighted by Gasteiger charge is 2.42. The molecule has 1 aromatic heterocycles. The van der Waals surface area contributed by atoms with Gasteiger partial charge in [-0.05, 0) is 136 Å². The number of amides is 1. The molecule has 2 N–H and O–H groups in total. The summed E-state index contributed by atoms with van der Waals surface area (Å²) >= 11 is 1.36. The van der Waals surface area contributed by atoms with Gasteiger partial charge in [-0.1, -0.05) is 44.9 Å². The number of nitrogens with zero attached hydrogens (tertiary/aromatic N) is 2. The van der Waals surface area contributed by atoms with E-state index in [0.29, 0.717) is 23.4 Å². The summed E-state index contributed by atoms with van der Waals surface area (Å²) < 4.78 is 6.32. The molecule has 2 bridgehead atoms. The van der Waals surface area contributed by atoms with Crippen LogP contribution in [0.25, 0.3) is 0 Å². The van der Waals surface area contributed by atoms with Crippen LogP contribution in [0, 0.1) is 30.1 Å². The number of rotatable bonds is 10. The number of ether oxygens (including phenoxy) is 1. The number of nitrogens with one attached hydrogen (secondary N) is 2. The molecule has 7 rings (SSSR count). The van der Waals surface area contributed by atoms with E-state index in [0.717, 1.165) is 79.0 Å². The predicted molar refractivity (Wildman–Crippen MR) is 196 cm³/mol. The van der Waals surface area contributed by atoms with E-state index >= 15 is 0 Å². The van der Waals surface area contributed by atoms with Crippen LogP contribution in [0.15, 0.2) is 47.8 Å². The molecule has 0 radical (unpaired) electrons. The highest BCUT2D eigenvalue weighted by molar-refractivity contribution is 7.10. The van der Waals surface area contributed by atoms with E-state index in [1.807, 2.05) is 5.38 Å². The van der Waals surface area contributed by atoms with Crippen LogP contribution in [-0.2, 0) is 6.42 Å². The van der Waals surface area contributed by atoms with Crippen LogP contribution < -0.4 is 15.4 Å².